The molecule has 0 heterocycles. The first-order valence-corrected chi connectivity index (χ1v) is 8.50. The second kappa shape index (κ2) is 6.20. The molecule has 0 N–H and O–H groups in total. The van der Waals surface area contributed by atoms with E-state index in [2.05, 4.69) is 24.8 Å². The number of rotatable bonds is 5. The number of ether oxygens (including phenoxy) is 1. The van der Waals surface area contributed by atoms with Gasteiger partial charge < -0.3 is 4.74 Å². The summed E-state index contributed by atoms with van der Waals surface area (Å²) in [4.78, 5) is 14.7. The van der Waals surface area contributed by atoms with Gasteiger partial charge in [-0.25, -0.2) is 0 Å². The minimum absolute atomic E-state index is 0.0192. The van der Waals surface area contributed by atoms with Crippen LogP contribution in [0, 0.1) is 28.6 Å². The van der Waals surface area contributed by atoms with Gasteiger partial charge in [0, 0.05) is 12.6 Å². The number of carbonyl (C=O) groups excluding carboxylic acids is 1. The zero-order valence-corrected chi connectivity index (χ0v) is 14.7. The number of esters is 1. The lowest BCUT2D eigenvalue weighted by Gasteiger charge is -2.26. The number of nitrogens with zero attached hydrogens (tertiary/aromatic N) is 2. The maximum atomic E-state index is 12.4. The molecule has 0 spiro atoms. The van der Waals surface area contributed by atoms with Crippen molar-refractivity contribution in [3.8, 4) is 6.07 Å². The van der Waals surface area contributed by atoms with Gasteiger partial charge in [-0.3, -0.25) is 9.69 Å². The summed E-state index contributed by atoms with van der Waals surface area (Å²) in [6, 6.07) is 2.82. The molecule has 0 saturated heterocycles. The van der Waals surface area contributed by atoms with Crippen LogP contribution in [0.4, 0.5) is 0 Å². The number of carbonyl (C=O) groups is 1. The van der Waals surface area contributed by atoms with Crippen LogP contribution in [-0.4, -0.2) is 35.6 Å². The Bertz CT molecular complexity index is 453. The molecule has 4 heteroatoms. The van der Waals surface area contributed by atoms with Gasteiger partial charge in [-0.1, -0.05) is 26.7 Å². The van der Waals surface area contributed by atoms with E-state index < -0.39 is 5.60 Å². The molecule has 0 amide bonds. The third-order valence-electron chi connectivity index (χ3n) is 5.26. The fourth-order valence-electron chi connectivity index (χ4n) is 3.87. The van der Waals surface area contributed by atoms with Crippen LogP contribution < -0.4 is 0 Å². The highest BCUT2D eigenvalue weighted by Crippen LogP contribution is 2.59. The predicted molar refractivity (Wildman–Crippen MR) is 86.0 cm³/mol. The van der Waals surface area contributed by atoms with E-state index in [-0.39, 0.29) is 17.3 Å². The van der Waals surface area contributed by atoms with E-state index in [1.165, 1.54) is 25.7 Å². The van der Waals surface area contributed by atoms with Gasteiger partial charge in [0.1, 0.15) is 5.60 Å². The lowest BCUT2D eigenvalue weighted by molar-refractivity contribution is -0.157. The average Bonchev–Trinajstić information content (AvgIpc) is 2.78. The summed E-state index contributed by atoms with van der Waals surface area (Å²) < 4.78 is 5.57. The van der Waals surface area contributed by atoms with Crippen LogP contribution in [0.1, 0.15) is 60.3 Å². The lowest BCUT2D eigenvalue weighted by atomic mass is 10.1. The Kier molecular flexibility index (Phi) is 4.87. The summed E-state index contributed by atoms with van der Waals surface area (Å²) in [6.45, 7) is 11.3. The molecule has 2 aliphatic carbocycles. The van der Waals surface area contributed by atoms with Gasteiger partial charge in [0.05, 0.1) is 18.5 Å². The molecule has 2 rings (SSSR count). The van der Waals surface area contributed by atoms with Gasteiger partial charge in [0.25, 0.3) is 0 Å². The van der Waals surface area contributed by atoms with Crippen LogP contribution in [0.3, 0.4) is 0 Å². The third kappa shape index (κ3) is 3.81. The zero-order chi connectivity index (χ0) is 16.5. The highest BCUT2D eigenvalue weighted by Gasteiger charge is 2.63. The average molecular weight is 306 g/mol. The summed E-state index contributed by atoms with van der Waals surface area (Å²) in [5.74, 6) is 0.191. The topological polar surface area (TPSA) is 53.3 Å². The number of hydrogen-bond acceptors (Lipinski definition) is 4. The molecule has 0 unspecified atom stereocenters. The molecule has 0 aromatic rings. The van der Waals surface area contributed by atoms with Crippen molar-refractivity contribution in [3.63, 3.8) is 0 Å². The van der Waals surface area contributed by atoms with Gasteiger partial charge in [0.2, 0.25) is 0 Å². The summed E-state index contributed by atoms with van der Waals surface area (Å²) in [5.41, 5.74) is -0.452. The standard InChI is InChI=1S/C18H30N2O2/c1-17(2,3)22-16(21)15-14(18(15,4)5)12-20(11-10-19)13-8-6-7-9-13/h13-15H,6-9,11-12H2,1-5H3/t14-,15-/m1/s1. The highest BCUT2D eigenvalue weighted by molar-refractivity contribution is 5.78. The Morgan fingerprint density at radius 3 is 2.41 bits per heavy atom. The Labute approximate surface area is 134 Å². The Morgan fingerprint density at radius 2 is 1.91 bits per heavy atom. The molecule has 4 nitrogen and oxygen atoms in total. The van der Waals surface area contributed by atoms with E-state index in [9.17, 15) is 4.79 Å². The van der Waals surface area contributed by atoms with E-state index in [0.29, 0.717) is 18.5 Å². The van der Waals surface area contributed by atoms with Crippen LogP contribution in [0.15, 0.2) is 0 Å². The molecule has 2 saturated carbocycles. The first-order chi connectivity index (χ1) is 10.2. The van der Waals surface area contributed by atoms with E-state index in [1.54, 1.807) is 0 Å². The molecule has 2 fully saturated rings. The third-order valence-corrected chi connectivity index (χ3v) is 5.26. The van der Waals surface area contributed by atoms with Crippen LogP contribution in [0.25, 0.3) is 0 Å². The summed E-state index contributed by atoms with van der Waals surface area (Å²) in [5, 5.41) is 9.11. The smallest absolute Gasteiger partial charge is 0.310 e. The van der Waals surface area contributed by atoms with Crippen molar-refractivity contribution in [2.45, 2.75) is 71.9 Å². The van der Waals surface area contributed by atoms with Crippen molar-refractivity contribution < 1.29 is 9.53 Å². The molecule has 0 aliphatic heterocycles. The molecule has 0 aromatic carbocycles. The zero-order valence-electron chi connectivity index (χ0n) is 14.7. The van der Waals surface area contributed by atoms with E-state index in [4.69, 9.17) is 10.00 Å². The fraction of sp³-hybridized carbons (Fsp3) is 0.889. The Balaban J connectivity index is 1.99. The molecule has 2 atom stereocenters. The van der Waals surface area contributed by atoms with E-state index >= 15 is 0 Å². The van der Waals surface area contributed by atoms with Crippen LogP contribution in [0.5, 0.6) is 0 Å². The molecule has 124 valence electrons. The van der Waals surface area contributed by atoms with Crippen molar-refractivity contribution in [1.29, 1.82) is 5.26 Å². The first kappa shape index (κ1) is 17.3. The van der Waals surface area contributed by atoms with Crippen LogP contribution in [-0.2, 0) is 9.53 Å². The largest absolute Gasteiger partial charge is 0.460 e. The predicted octanol–water partition coefficient (Wildman–Crippen LogP) is 3.37. The summed E-state index contributed by atoms with van der Waals surface area (Å²) in [6.07, 6.45) is 4.89. The highest BCUT2D eigenvalue weighted by atomic mass is 16.6. The summed E-state index contributed by atoms with van der Waals surface area (Å²) in [7, 11) is 0. The SMILES string of the molecule is CC(C)(C)OC(=O)[C@H]1[C@@H](CN(CC#N)C2CCCC2)C1(C)C. The minimum atomic E-state index is -0.432. The Morgan fingerprint density at radius 1 is 1.32 bits per heavy atom. The molecular formula is C18H30N2O2. The maximum absolute atomic E-state index is 12.4. The molecule has 22 heavy (non-hydrogen) atoms. The van der Waals surface area contributed by atoms with Crippen molar-refractivity contribution in [1.82, 2.24) is 4.90 Å². The van der Waals surface area contributed by atoms with Gasteiger partial charge in [0.15, 0.2) is 0 Å². The lowest BCUT2D eigenvalue weighted by Crippen LogP contribution is -2.36. The van der Waals surface area contributed by atoms with Gasteiger partial charge in [-0.05, 0) is 44.9 Å². The number of hydrogen-bond donors (Lipinski definition) is 0. The van der Waals surface area contributed by atoms with E-state index in [1.807, 2.05) is 20.8 Å². The number of nitriles is 1. The quantitative estimate of drug-likeness (QED) is 0.577. The van der Waals surface area contributed by atoms with Gasteiger partial charge in [-0.2, -0.15) is 5.26 Å². The summed E-state index contributed by atoms with van der Waals surface area (Å²) >= 11 is 0. The monoisotopic (exact) mass is 306 g/mol. The molecule has 0 aromatic heterocycles. The molecule has 0 bridgehead atoms. The Hall–Kier alpha value is -1.08. The van der Waals surface area contributed by atoms with Crippen LogP contribution >= 0.6 is 0 Å². The van der Waals surface area contributed by atoms with Crippen molar-refractivity contribution in [2.75, 3.05) is 13.1 Å². The molecule has 0 radical (unpaired) electrons. The van der Waals surface area contributed by atoms with Crippen molar-refractivity contribution in [2.24, 2.45) is 17.3 Å². The van der Waals surface area contributed by atoms with Gasteiger partial charge >= 0.3 is 5.97 Å². The molecular weight excluding hydrogens is 276 g/mol. The van der Waals surface area contributed by atoms with Crippen molar-refractivity contribution >= 4 is 5.97 Å². The second-order valence-corrected chi connectivity index (χ2v) is 8.46. The second-order valence-electron chi connectivity index (χ2n) is 8.46. The molecule has 2 aliphatic rings. The maximum Gasteiger partial charge on any atom is 0.310 e. The van der Waals surface area contributed by atoms with Gasteiger partial charge in [-0.15, -0.1) is 0 Å². The van der Waals surface area contributed by atoms with Crippen molar-refractivity contribution in [3.05, 3.63) is 0 Å². The minimum Gasteiger partial charge on any atom is -0.460 e. The fourth-order valence-corrected chi connectivity index (χ4v) is 3.87. The normalized spacial score (nSPS) is 27.7. The first-order valence-electron chi connectivity index (χ1n) is 8.50. The van der Waals surface area contributed by atoms with E-state index in [0.717, 1.165) is 6.54 Å². The van der Waals surface area contributed by atoms with Crippen LogP contribution in [0.2, 0.25) is 0 Å².